The van der Waals surface area contributed by atoms with Crippen LogP contribution in [-0.4, -0.2) is 30.4 Å². The Morgan fingerprint density at radius 2 is 1.85 bits per heavy atom. The van der Waals surface area contributed by atoms with E-state index in [0.29, 0.717) is 16.4 Å². The van der Waals surface area contributed by atoms with E-state index in [2.05, 4.69) is 16.9 Å². The van der Waals surface area contributed by atoms with Gasteiger partial charge >= 0.3 is 0 Å². The van der Waals surface area contributed by atoms with E-state index in [1.165, 1.54) is 24.3 Å². The van der Waals surface area contributed by atoms with Crippen LogP contribution in [0.1, 0.15) is 10.4 Å². The molecule has 0 spiro atoms. The number of halogens is 1. The van der Waals surface area contributed by atoms with Crippen LogP contribution in [0.15, 0.2) is 109 Å². The first-order valence-electron chi connectivity index (χ1n) is 10.3. The van der Waals surface area contributed by atoms with E-state index in [1.54, 1.807) is 55.0 Å². The Morgan fingerprint density at radius 1 is 1.09 bits per heavy atom. The molecular weight excluding hydrogens is 472 g/mol. The lowest BCUT2D eigenvalue weighted by Gasteiger charge is -2.24. The fourth-order valence-electron chi connectivity index (χ4n) is 3.35. The molecule has 9 heteroatoms. The molecule has 0 aliphatic rings. The van der Waals surface area contributed by atoms with Crippen LogP contribution in [0.4, 0.5) is 11.4 Å². The molecule has 0 fully saturated rings. The van der Waals surface area contributed by atoms with Crippen LogP contribution in [0.5, 0.6) is 0 Å². The van der Waals surface area contributed by atoms with Crippen molar-refractivity contribution in [2.45, 2.75) is 4.90 Å². The number of benzene rings is 3. The smallest absolute Gasteiger partial charge is 0.264 e. The quantitative estimate of drug-likeness (QED) is 0.344. The number of rotatable bonds is 8. The standard InChI is InChI=1S/C25H21ClN4O3S/c1-2-15-30(24-9-4-3-8-23(24)26)34(32,33)22-7-5-6-19(17-22)25(31)28-20-10-12-21(13-11-20)29-16-14-27-18-29/h2-14,16-18H,1,15H2,(H,28,31). The minimum atomic E-state index is -4.01. The van der Waals surface area contributed by atoms with Crippen molar-refractivity contribution in [3.05, 3.63) is 115 Å². The van der Waals surface area contributed by atoms with Crippen molar-refractivity contribution < 1.29 is 13.2 Å². The average Bonchev–Trinajstić information content (AvgIpc) is 3.39. The summed E-state index contributed by atoms with van der Waals surface area (Å²) in [6, 6.07) is 19.7. The number of hydrogen-bond acceptors (Lipinski definition) is 4. The molecule has 1 heterocycles. The Labute approximate surface area is 203 Å². The Bertz CT molecular complexity index is 1420. The van der Waals surface area contributed by atoms with Crippen molar-refractivity contribution in [2.24, 2.45) is 0 Å². The minimum Gasteiger partial charge on any atom is -0.322 e. The molecule has 4 aromatic rings. The number of nitrogens with one attached hydrogen (secondary N) is 1. The highest BCUT2D eigenvalue weighted by atomic mass is 35.5. The largest absolute Gasteiger partial charge is 0.322 e. The van der Waals surface area contributed by atoms with Crippen LogP contribution in [0.3, 0.4) is 0 Å². The molecule has 0 unspecified atom stereocenters. The van der Waals surface area contributed by atoms with Crippen molar-refractivity contribution in [3.8, 4) is 5.69 Å². The maximum Gasteiger partial charge on any atom is 0.264 e. The number of amides is 1. The lowest BCUT2D eigenvalue weighted by atomic mass is 10.2. The van der Waals surface area contributed by atoms with E-state index in [0.717, 1.165) is 9.99 Å². The molecule has 172 valence electrons. The second kappa shape index (κ2) is 9.94. The number of carbonyl (C=O) groups is 1. The van der Waals surface area contributed by atoms with E-state index >= 15 is 0 Å². The van der Waals surface area contributed by atoms with Gasteiger partial charge in [-0.05, 0) is 54.6 Å². The van der Waals surface area contributed by atoms with Crippen molar-refractivity contribution in [1.82, 2.24) is 9.55 Å². The summed E-state index contributed by atoms with van der Waals surface area (Å²) in [6.45, 7) is 3.68. The van der Waals surface area contributed by atoms with Crippen LogP contribution in [0, 0.1) is 0 Å². The Balaban J connectivity index is 1.58. The lowest BCUT2D eigenvalue weighted by Crippen LogP contribution is -2.31. The molecule has 0 aliphatic heterocycles. The zero-order valence-corrected chi connectivity index (χ0v) is 19.6. The number of carbonyl (C=O) groups excluding carboxylic acids is 1. The molecule has 1 N–H and O–H groups in total. The maximum atomic E-state index is 13.4. The first-order chi connectivity index (χ1) is 16.4. The molecule has 1 amide bonds. The van der Waals surface area contributed by atoms with Gasteiger partial charge in [0.05, 0.1) is 28.5 Å². The van der Waals surface area contributed by atoms with E-state index in [9.17, 15) is 13.2 Å². The Morgan fingerprint density at radius 3 is 2.53 bits per heavy atom. The number of sulfonamides is 1. The number of hydrogen-bond donors (Lipinski definition) is 1. The van der Waals surface area contributed by atoms with E-state index in [1.807, 2.05) is 22.9 Å². The summed E-state index contributed by atoms with van der Waals surface area (Å²) < 4.78 is 29.9. The molecule has 34 heavy (non-hydrogen) atoms. The van der Waals surface area contributed by atoms with Gasteiger partial charge in [-0.3, -0.25) is 9.10 Å². The van der Waals surface area contributed by atoms with Gasteiger partial charge < -0.3 is 9.88 Å². The van der Waals surface area contributed by atoms with Crippen molar-refractivity contribution in [1.29, 1.82) is 0 Å². The van der Waals surface area contributed by atoms with Crippen LogP contribution in [0.25, 0.3) is 5.69 Å². The van der Waals surface area contributed by atoms with Crippen LogP contribution in [0.2, 0.25) is 5.02 Å². The fraction of sp³-hybridized carbons (Fsp3) is 0.0400. The van der Waals surface area contributed by atoms with E-state index < -0.39 is 15.9 Å². The third-order valence-electron chi connectivity index (χ3n) is 5.03. The van der Waals surface area contributed by atoms with Gasteiger partial charge in [0, 0.05) is 29.3 Å². The third-order valence-corrected chi connectivity index (χ3v) is 7.12. The maximum absolute atomic E-state index is 13.4. The van der Waals surface area contributed by atoms with Crippen LogP contribution in [-0.2, 0) is 10.0 Å². The monoisotopic (exact) mass is 492 g/mol. The molecule has 0 saturated carbocycles. The second-order valence-electron chi connectivity index (χ2n) is 7.28. The van der Waals surface area contributed by atoms with Crippen LogP contribution < -0.4 is 9.62 Å². The topological polar surface area (TPSA) is 84.3 Å². The highest BCUT2D eigenvalue weighted by molar-refractivity contribution is 7.92. The summed E-state index contributed by atoms with van der Waals surface area (Å²) in [7, 11) is -4.01. The van der Waals surface area contributed by atoms with E-state index in [4.69, 9.17) is 11.6 Å². The summed E-state index contributed by atoms with van der Waals surface area (Å²) in [6.07, 6.45) is 6.65. The summed E-state index contributed by atoms with van der Waals surface area (Å²) in [5, 5.41) is 3.09. The molecule has 7 nitrogen and oxygen atoms in total. The SMILES string of the molecule is C=CCN(c1ccccc1Cl)S(=O)(=O)c1cccc(C(=O)Nc2ccc(-n3ccnc3)cc2)c1. The van der Waals surface area contributed by atoms with Crippen molar-refractivity contribution >= 4 is 38.9 Å². The summed E-state index contributed by atoms with van der Waals surface area (Å²) in [4.78, 5) is 16.8. The van der Waals surface area contributed by atoms with E-state index in [-0.39, 0.29) is 17.0 Å². The molecule has 4 rings (SSSR count). The number of nitrogens with zero attached hydrogens (tertiary/aromatic N) is 3. The second-order valence-corrected chi connectivity index (χ2v) is 9.54. The number of anilines is 2. The molecule has 0 radical (unpaired) electrons. The molecular formula is C25H21ClN4O3S. The summed E-state index contributed by atoms with van der Waals surface area (Å²) in [5.41, 5.74) is 2.01. The summed E-state index contributed by atoms with van der Waals surface area (Å²) >= 11 is 6.25. The van der Waals surface area contributed by atoms with Gasteiger partial charge in [-0.15, -0.1) is 6.58 Å². The van der Waals surface area contributed by atoms with Gasteiger partial charge in [-0.2, -0.15) is 0 Å². The van der Waals surface area contributed by atoms with Gasteiger partial charge in [-0.1, -0.05) is 35.9 Å². The lowest BCUT2D eigenvalue weighted by molar-refractivity contribution is 0.102. The minimum absolute atomic E-state index is 0.0196. The number of imidazole rings is 1. The van der Waals surface area contributed by atoms with Gasteiger partial charge in [0.25, 0.3) is 15.9 Å². The van der Waals surface area contributed by atoms with Crippen LogP contribution >= 0.6 is 11.6 Å². The predicted octanol–water partition coefficient (Wildman–Crippen LogP) is 5.16. The summed E-state index contributed by atoms with van der Waals surface area (Å²) in [5.74, 6) is -0.430. The number of aromatic nitrogens is 2. The zero-order chi connectivity index (χ0) is 24.1. The highest BCUT2D eigenvalue weighted by Crippen LogP contribution is 2.30. The Kier molecular flexibility index (Phi) is 6.81. The molecule has 0 atom stereocenters. The Hall–Kier alpha value is -3.88. The zero-order valence-electron chi connectivity index (χ0n) is 18.0. The average molecular weight is 493 g/mol. The van der Waals surface area contributed by atoms with Gasteiger partial charge in [-0.25, -0.2) is 13.4 Å². The molecule has 0 aliphatic carbocycles. The predicted molar refractivity (Wildman–Crippen MR) is 134 cm³/mol. The number of para-hydroxylation sites is 1. The van der Waals surface area contributed by atoms with Gasteiger partial charge in [0.2, 0.25) is 0 Å². The fourth-order valence-corrected chi connectivity index (χ4v) is 5.14. The third kappa shape index (κ3) is 4.88. The van der Waals surface area contributed by atoms with Gasteiger partial charge in [0.15, 0.2) is 0 Å². The van der Waals surface area contributed by atoms with Crippen molar-refractivity contribution in [3.63, 3.8) is 0 Å². The highest BCUT2D eigenvalue weighted by Gasteiger charge is 2.26. The molecule has 0 saturated heterocycles. The normalized spacial score (nSPS) is 11.1. The molecule has 0 bridgehead atoms. The first-order valence-corrected chi connectivity index (χ1v) is 12.1. The molecule has 1 aromatic heterocycles. The first kappa shape index (κ1) is 23.3. The van der Waals surface area contributed by atoms with Crippen molar-refractivity contribution in [2.75, 3.05) is 16.2 Å². The van der Waals surface area contributed by atoms with Gasteiger partial charge in [0.1, 0.15) is 0 Å². The molecule has 3 aromatic carbocycles.